The molecule has 4 amide bonds. The van der Waals surface area contributed by atoms with Crippen molar-refractivity contribution in [1.82, 2.24) is 20.1 Å². The second kappa shape index (κ2) is 7.07. The minimum Gasteiger partial charge on any atom is -0.338 e. The van der Waals surface area contributed by atoms with Crippen LogP contribution in [0.15, 0.2) is 48.8 Å². The number of urea groups is 1. The first-order valence-electron chi connectivity index (χ1n) is 9.37. The van der Waals surface area contributed by atoms with Crippen molar-refractivity contribution in [2.45, 2.75) is 31.8 Å². The minimum absolute atomic E-state index is 0.0922. The van der Waals surface area contributed by atoms with E-state index in [0.717, 1.165) is 11.1 Å². The SMILES string of the molecule is Cc1cncc(C(=O)N2CCC3(CC2)C(=O)NC(=O)N3Cc2ccccc2)c1. The van der Waals surface area contributed by atoms with Crippen LogP contribution in [0.1, 0.15) is 34.3 Å². The molecule has 144 valence electrons. The van der Waals surface area contributed by atoms with Crippen molar-refractivity contribution in [2.75, 3.05) is 13.1 Å². The van der Waals surface area contributed by atoms with Crippen molar-refractivity contribution in [2.24, 2.45) is 0 Å². The first-order valence-corrected chi connectivity index (χ1v) is 9.37. The fourth-order valence-electron chi connectivity index (χ4n) is 4.02. The Morgan fingerprint density at radius 3 is 2.54 bits per heavy atom. The van der Waals surface area contributed by atoms with Crippen molar-refractivity contribution >= 4 is 17.8 Å². The van der Waals surface area contributed by atoms with E-state index < -0.39 is 5.54 Å². The molecule has 2 aliphatic heterocycles. The number of imide groups is 1. The quantitative estimate of drug-likeness (QED) is 0.830. The highest BCUT2D eigenvalue weighted by Crippen LogP contribution is 2.35. The molecular formula is C21H22N4O3. The molecule has 2 aliphatic rings. The van der Waals surface area contributed by atoms with Crippen LogP contribution in [0.25, 0.3) is 0 Å². The zero-order valence-corrected chi connectivity index (χ0v) is 15.7. The summed E-state index contributed by atoms with van der Waals surface area (Å²) in [6.07, 6.45) is 4.11. The molecule has 0 radical (unpaired) electrons. The number of aryl methyl sites for hydroxylation is 1. The van der Waals surface area contributed by atoms with Gasteiger partial charge in [-0.05, 0) is 37.0 Å². The van der Waals surface area contributed by atoms with Gasteiger partial charge in [0.15, 0.2) is 0 Å². The lowest BCUT2D eigenvalue weighted by atomic mass is 9.85. The number of hydrogen-bond acceptors (Lipinski definition) is 4. The summed E-state index contributed by atoms with van der Waals surface area (Å²) in [5.74, 6) is -0.358. The van der Waals surface area contributed by atoms with E-state index in [1.807, 2.05) is 43.3 Å². The molecule has 1 spiro atoms. The molecule has 0 aliphatic carbocycles. The summed E-state index contributed by atoms with van der Waals surface area (Å²) in [7, 11) is 0. The number of carbonyl (C=O) groups is 3. The van der Waals surface area contributed by atoms with Crippen molar-refractivity contribution in [3.63, 3.8) is 0 Å². The molecule has 1 N–H and O–H groups in total. The van der Waals surface area contributed by atoms with Crippen LogP contribution in [0.3, 0.4) is 0 Å². The third-order valence-corrected chi connectivity index (χ3v) is 5.59. The van der Waals surface area contributed by atoms with Gasteiger partial charge >= 0.3 is 6.03 Å². The van der Waals surface area contributed by atoms with Gasteiger partial charge in [0.05, 0.1) is 5.56 Å². The number of nitrogens with zero attached hydrogens (tertiary/aromatic N) is 3. The zero-order valence-electron chi connectivity index (χ0n) is 15.7. The molecule has 1 aromatic heterocycles. The Balaban J connectivity index is 1.51. The normalized spacial score (nSPS) is 18.5. The molecule has 0 saturated carbocycles. The number of amides is 4. The van der Waals surface area contributed by atoms with Crippen molar-refractivity contribution < 1.29 is 14.4 Å². The van der Waals surface area contributed by atoms with Crippen LogP contribution in [0.5, 0.6) is 0 Å². The van der Waals surface area contributed by atoms with Crippen molar-refractivity contribution in [3.8, 4) is 0 Å². The van der Waals surface area contributed by atoms with E-state index in [1.165, 1.54) is 0 Å². The number of benzene rings is 1. The fourth-order valence-corrected chi connectivity index (χ4v) is 4.02. The molecule has 7 heteroatoms. The van der Waals surface area contributed by atoms with Gasteiger partial charge in [0.25, 0.3) is 11.8 Å². The van der Waals surface area contributed by atoms with Crippen molar-refractivity contribution in [1.29, 1.82) is 0 Å². The van der Waals surface area contributed by atoms with Crippen LogP contribution in [0, 0.1) is 6.92 Å². The summed E-state index contributed by atoms with van der Waals surface area (Å²) in [4.78, 5) is 45.3. The van der Waals surface area contributed by atoms with E-state index in [-0.39, 0.29) is 17.8 Å². The summed E-state index contributed by atoms with van der Waals surface area (Å²) in [5, 5.41) is 2.47. The van der Waals surface area contributed by atoms with Gasteiger partial charge in [-0.2, -0.15) is 0 Å². The second-order valence-electron chi connectivity index (χ2n) is 7.41. The standard InChI is InChI=1S/C21H22N4O3/c1-15-11-17(13-22-12-15)18(26)24-9-7-21(8-10-24)19(27)23-20(28)25(21)14-16-5-3-2-4-6-16/h2-6,11-13H,7-10,14H2,1H3,(H,23,27,28). The lowest BCUT2D eigenvalue weighted by Crippen LogP contribution is -2.57. The van der Waals surface area contributed by atoms with Crippen LogP contribution in [-0.4, -0.2) is 51.3 Å². The molecule has 28 heavy (non-hydrogen) atoms. The van der Waals surface area contributed by atoms with E-state index in [1.54, 1.807) is 22.2 Å². The van der Waals surface area contributed by atoms with E-state index in [0.29, 0.717) is 38.0 Å². The molecule has 1 aromatic carbocycles. The number of carbonyl (C=O) groups excluding carboxylic acids is 3. The highest BCUT2D eigenvalue weighted by molar-refractivity contribution is 6.07. The largest absolute Gasteiger partial charge is 0.338 e. The molecule has 0 unspecified atom stereocenters. The summed E-state index contributed by atoms with van der Waals surface area (Å²) >= 11 is 0. The Bertz CT molecular complexity index is 920. The van der Waals surface area contributed by atoms with Crippen LogP contribution in [-0.2, 0) is 11.3 Å². The first-order chi connectivity index (χ1) is 13.5. The molecule has 2 fully saturated rings. The lowest BCUT2D eigenvalue weighted by Gasteiger charge is -2.42. The topological polar surface area (TPSA) is 82.6 Å². The van der Waals surface area contributed by atoms with Gasteiger partial charge in [0.1, 0.15) is 5.54 Å². The summed E-state index contributed by atoms with van der Waals surface area (Å²) in [6.45, 7) is 3.09. The molecule has 0 bridgehead atoms. The summed E-state index contributed by atoms with van der Waals surface area (Å²) in [5.41, 5.74) is 1.54. The Morgan fingerprint density at radius 2 is 1.86 bits per heavy atom. The fraction of sp³-hybridized carbons (Fsp3) is 0.333. The van der Waals surface area contributed by atoms with Gasteiger partial charge in [-0.3, -0.25) is 19.9 Å². The van der Waals surface area contributed by atoms with Crippen LogP contribution in [0.2, 0.25) is 0 Å². The number of pyridine rings is 1. The maximum Gasteiger partial charge on any atom is 0.325 e. The van der Waals surface area contributed by atoms with E-state index in [9.17, 15) is 14.4 Å². The highest BCUT2D eigenvalue weighted by Gasteiger charge is 2.54. The van der Waals surface area contributed by atoms with Crippen molar-refractivity contribution in [3.05, 3.63) is 65.5 Å². The monoisotopic (exact) mass is 378 g/mol. The average molecular weight is 378 g/mol. The molecular weight excluding hydrogens is 356 g/mol. The van der Waals surface area contributed by atoms with E-state index in [2.05, 4.69) is 10.3 Å². The average Bonchev–Trinajstić information content (AvgIpc) is 2.93. The number of rotatable bonds is 3. The van der Waals surface area contributed by atoms with Gasteiger partial charge in [-0.1, -0.05) is 30.3 Å². The lowest BCUT2D eigenvalue weighted by molar-refractivity contribution is -0.129. The predicted molar refractivity (Wildman–Crippen MR) is 102 cm³/mol. The highest BCUT2D eigenvalue weighted by atomic mass is 16.2. The second-order valence-corrected chi connectivity index (χ2v) is 7.41. The summed E-state index contributed by atoms with van der Waals surface area (Å²) < 4.78 is 0. The molecule has 0 atom stereocenters. The smallest absolute Gasteiger partial charge is 0.325 e. The minimum atomic E-state index is -0.894. The third-order valence-electron chi connectivity index (χ3n) is 5.59. The number of nitrogens with one attached hydrogen (secondary N) is 1. The first kappa shape index (κ1) is 18.2. The van der Waals surface area contributed by atoms with Gasteiger partial charge in [-0.15, -0.1) is 0 Å². The van der Waals surface area contributed by atoms with Gasteiger partial charge in [-0.25, -0.2) is 4.79 Å². The maximum atomic E-state index is 12.8. The maximum absolute atomic E-state index is 12.8. The van der Waals surface area contributed by atoms with Crippen LogP contribution in [0.4, 0.5) is 4.79 Å². The van der Waals surface area contributed by atoms with E-state index >= 15 is 0 Å². The molecule has 4 rings (SSSR count). The molecule has 3 heterocycles. The number of hydrogen-bond donors (Lipinski definition) is 1. The number of aromatic nitrogens is 1. The van der Waals surface area contributed by atoms with Gasteiger partial charge in [0, 0.05) is 32.0 Å². The van der Waals surface area contributed by atoms with E-state index in [4.69, 9.17) is 0 Å². The third kappa shape index (κ3) is 3.13. The Labute approximate surface area is 163 Å². The Hall–Kier alpha value is -3.22. The number of likely N-dealkylation sites (tertiary alicyclic amines) is 1. The molecule has 7 nitrogen and oxygen atoms in total. The van der Waals surface area contributed by atoms with Gasteiger partial charge in [0.2, 0.25) is 0 Å². The van der Waals surface area contributed by atoms with Crippen LogP contribution < -0.4 is 5.32 Å². The molecule has 2 aromatic rings. The molecule has 2 saturated heterocycles. The number of piperidine rings is 1. The Kier molecular flexibility index (Phi) is 4.58. The summed E-state index contributed by atoms with van der Waals surface area (Å²) in [6, 6.07) is 11.1. The Morgan fingerprint density at radius 1 is 1.14 bits per heavy atom. The predicted octanol–water partition coefficient (Wildman–Crippen LogP) is 2.12. The zero-order chi connectivity index (χ0) is 19.7. The van der Waals surface area contributed by atoms with Crippen LogP contribution >= 0.6 is 0 Å². The van der Waals surface area contributed by atoms with Gasteiger partial charge < -0.3 is 9.80 Å².